The summed E-state index contributed by atoms with van der Waals surface area (Å²) in [5.41, 5.74) is 6.77. The molecule has 0 radical (unpaired) electrons. The van der Waals surface area contributed by atoms with Gasteiger partial charge in [0.25, 0.3) is 0 Å². The van der Waals surface area contributed by atoms with Gasteiger partial charge in [-0.05, 0) is 16.5 Å². The Labute approximate surface area is 101 Å². The molecule has 4 N–H and O–H groups in total. The number of hydrogen-bond acceptors (Lipinski definition) is 3. The molecule has 0 aliphatic rings. The third-order valence-corrected chi connectivity index (χ3v) is 2.71. The molecule has 94 valence electrons. The fraction of sp³-hybridized carbons (Fsp3) is 0.462. The summed E-state index contributed by atoms with van der Waals surface area (Å²) in [4.78, 5) is 10.8. The van der Waals surface area contributed by atoms with Gasteiger partial charge in [0.1, 0.15) is 12.1 Å². The van der Waals surface area contributed by atoms with Gasteiger partial charge in [-0.25, -0.2) is 0 Å². The Morgan fingerprint density at radius 2 is 1.82 bits per heavy atom. The largest absolute Gasteiger partial charge is 0.480 e. The molecule has 0 aliphatic heterocycles. The fourth-order valence-corrected chi connectivity index (χ4v) is 1.77. The number of aliphatic hydroxyl groups is 1. The summed E-state index contributed by atoms with van der Waals surface area (Å²) in [7, 11) is 0. The molecule has 2 unspecified atom stereocenters. The van der Waals surface area contributed by atoms with Gasteiger partial charge in [-0.3, -0.25) is 4.79 Å². The van der Waals surface area contributed by atoms with E-state index < -0.39 is 18.1 Å². The Hall–Kier alpha value is -1.39. The first-order chi connectivity index (χ1) is 7.75. The van der Waals surface area contributed by atoms with Crippen LogP contribution in [0.15, 0.2) is 24.3 Å². The van der Waals surface area contributed by atoms with Gasteiger partial charge in [0.15, 0.2) is 0 Å². The Bertz CT molecular complexity index is 409. The third kappa shape index (κ3) is 3.05. The van der Waals surface area contributed by atoms with Crippen LogP contribution in [0.3, 0.4) is 0 Å². The number of aliphatic hydroxyl groups excluding tert-OH is 1. The molecule has 0 bridgehead atoms. The minimum absolute atomic E-state index is 0.171. The number of nitrogens with two attached hydrogens (primary N) is 1. The molecule has 1 rings (SSSR count). The van der Waals surface area contributed by atoms with Gasteiger partial charge in [-0.15, -0.1) is 0 Å². The lowest BCUT2D eigenvalue weighted by molar-refractivity contribution is -0.141. The van der Waals surface area contributed by atoms with Crippen LogP contribution in [0.4, 0.5) is 0 Å². The number of hydrogen-bond donors (Lipinski definition) is 3. The van der Waals surface area contributed by atoms with E-state index in [1.54, 1.807) is 12.1 Å². The van der Waals surface area contributed by atoms with E-state index in [2.05, 4.69) is 0 Å². The van der Waals surface area contributed by atoms with E-state index in [4.69, 9.17) is 10.8 Å². The second-order valence-electron chi connectivity index (χ2n) is 5.15. The van der Waals surface area contributed by atoms with E-state index in [1.165, 1.54) is 0 Å². The first kappa shape index (κ1) is 13.7. The maximum absolute atomic E-state index is 10.8. The van der Waals surface area contributed by atoms with Gasteiger partial charge in [-0.1, -0.05) is 45.0 Å². The van der Waals surface area contributed by atoms with E-state index in [1.807, 2.05) is 32.9 Å². The van der Waals surface area contributed by atoms with Crippen molar-refractivity contribution < 1.29 is 15.0 Å². The first-order valence-corrected chi connectivity index (χ1v) is 5.51. The van der Waals surface area contributed by atoms with Crippen LogP contribution < -0.4 is 5.73 Å². The zero-order valence-electron chi connectivity index (χ0n) is 10.3. The predicted octanol–water partition coefficient (Wildman–Crippen LogP) is 1.43. The minimum Gasteiger partial charge on any atom is -0.480 e. The SMILES string of the molecule is CC(C)(C)c1ccccc1C(O)C(N)C(=O)O. The number of rotatable bonds is 3. The van der Waals surface area contributed by atoms with Gasteiger partial charge in [-0.2, -0.15) is 0 Å². The van der Waals surface area contributed by atoms with Crippen molar-refractivity contribution in [3.63, 3.8) is 0 Å². The first-order valence-electron chi connectivity index (χ1n) is 5.51. The van der Waals surface area contributed by atoms with Crippen molar-refractivity contribution in [2.24, 2.45) is 5.73 Å². The summed E-state index contributed by atoms with van der Waals surface area (Å²) in [5, 5.41) is 18.8. The molecule has 17 heavy (non-hydrogen) atoms. The Morgan fingerprint density at radius 3 is 2.29 bits per heavy atom. The Balaban J connectivity index is 3.18. The molecule has 0 saturated heterocycles. The quantitative estimate of drug-likeness (QED) is 0.742. The molecule has 0 spiro atoms. The second kappa shape index (κ2) is 4.85. The number of carboxylic acids is 1. The predicted molar refractivity (Wildman–Crippen MR) is 65.7 cm³/mol. The van der Waals surface area contributed by atoms with Crippen molar-refractivity contribution in [3.05, 3.63) is 35.4 Å². The topological polar surface area (TPSA) is 83.5 Å². The van der Waals surface area contributed by atoms with E-state index >= 15 is 0 Å². The molecule has 0 heterocycles. The van der Waals surface area contributed by atoms with Gasteiger partial charge in [0.2, 0.25) is 0 Å². The van der Waals surface area contributed by atoms with E-state index in [0.717, 1.165) is 5.56 Å². The highest BCUT2D eigenvalue weighted by Crippen LogP contribution is 2.30. The highest BCUT2D eigenvalue weighted by atomic mass is 16.4. The van der Waals surface area contributed by atoms with Crippen LogP contribution in [-0.2, 0) is 10.2 Å². The van der Waals surface area contributed by atoms with Crippen molar-refractivity contribution in [2.45, 2.75) is 38.3 Å². The molecule has 1 aromatic carbocycles. The van der Waals surface area contributed by atoms with Crippen LogP contribution >= 0.6 is 0 Å². The maximum Gasteiger partial charge on any atom is 0.323 e. The average molecular weight is 237 g/mol. The zero-order valence-corrected chi connectivity index (χ0v) is 10.3. The van der Waals surface area contributed by atoms with Crippen molar-refractivity contribution in [2.75, 3.05) is 0 Å². The molecule has 4 heteroatoms. The highest BCUT2D eigenvalue weighted by Gasteiger charge is 2.28. The maximum atomic E-state index is 10.8. The zero-order chi connectivity index (χ0) is 13.2. The molecule has 0 saturated carbocycles. The van der Waals surface area contributed by atoms with Gasteiger partial charge in [0.05, 0.1) is 0 Å². The molecular weight excluding hydrogens is 218 g/mol. The van der Waals surface area contributed by atoms with Gasteiger partial charge >= 0.3 is 5.97 Å². The molecule has 2 atom stereocenters. The fourth-order valence-electron chi connectivity index (χ4n) is 1.77. The molecular formula is C13H19NO3. The van der Waals surface area contributed by atoms with Crippen LogP contribution in [0.5, 0.6) is 0 Å². The molecule has 0 aromatic heterocycles. The van der Waals surface area contributed by atoms with Gasteiger partial charge < -0.3 is 15.9 Å². The number of benzene rings is 1. The van der Waals surface area contributed by atoms with E-state index in [-0.39, 0.29) is 5.41 Å². The molecule has 0 amide bonds. The Morgan fingerprint density at radius 1 is 1.29 bits per heavy atom. The van der Waals surface area contributed by atoms with Crippen molar-refractivity contribution in [3.8, 4) is 0 Å². The van der Waals surface area contributed by atoms with Crippen molar-refractivity contribution >= 4 is 5.97 Å². The summed E-state index contributed by atoms with van der Waals surface area (Å²) in [6.45, 7) is 6.01. The highest BCUT2D eigenvalue weighted by molar-refractivity contribution is 5.74. The van der Waals surface area contributed by atoms with Crippen LogP contribution in [0.25, 0.3) is 0 Å². The van der Waals surface area contributed by atoms with Gasteiger partial charge in [0, 0.05) is 0 Å². The minimum atomic E-state index is -1.31. The van der Waals surface area contributed by atoms with Crippen LogP contribution in [0.1, 0.15) is 38.0 Å². The molecule has 0 aliphatic carbocycles. The second-order valence-corrected chi connectivity index (χ2v) is 5.15. The van der Waals surface area contributed by atoms with Crippen LogP contribution in [0, 0.1) is 0 Å². The van der Waals surface area contributed by atoms with Crippen LogP contribution in [-0.4, -0.2) is 22.2 Å². The lowest BCUT2D eigenvalue weighted by atomic mass is 9.81. The lowest BCUT2D eigenvalue weighted by Crippen LogP contribution is -2.37. The standard InChI is InChI=1S/C13H19NO3/c1-13(2,3)9-7-5-4-6-8(9)11(15)10(14)12(16)17/h4-7,10-11,15H,14H2,1-3H3,(H,16,17). The van der Waals surface area contributed by atoms with Crippen molar-refractivity contribution in [1.82, 2.24) is 0 Å². The lowest BCUT2D eigenvalue weighted by Gasteiger charge is -2.26. The Kier molecular flexibility index (Phi) is 3.91. The summed E-state index contributed by atoms with van der Waals surface area (Å²) < 4.78 is 0. The smallest absolute Gasteiger partial charge is 0.323 e. The van der Waals surface area contributed by atoms with E-state index in [9.17, 15) is 9.90 Å². The van der Waals surface area contributed by atoms with E-state index in [0.29, 0.717) is 5.56 Å². The van der Waals surface area contributed by atoms with Crippen molar-refractivity contribution in [1.29, 1.82) is 0 Å². The van der Waals surface area contributed by atoms with Crippen LogP contribution in [0.2, 0.25) is 0 Å². The number of aliphatic carboxylic acids is 1. The number of carboxylic acid groups (broad SMARTS) is 1. The molecule has 4 nitrogen and oxygen atoms in total. The summed E-state index contributed by atoms with van der Waals surface area (Å²) in [6.07, 6.45) is -1.19. The summed E-state index contributed by atoms with van der Waals surface area (Å²) in [6, 6.07) is 5.92. The normalized spacial score (nSPS) is 15.4. The molecule has 0 fully saturated rings. The average Bonchev–Trinajstić information content (AvgIpc) is 2.25. The monoisotopic (exact) mass is 237 g/mol. The number of carbonyl (C=O) groups is 1. The summed E-state index contributed by atoms with van der Waals surface area (Å²) in [5.74, 6) is -1.21. The molecule has 1 aromatic rings. The summed E-state index contributed by atoms with van der Waals surface area (Å²) >= 11 is 0. The third-order valence-electron chi connectivity index (χ3n) is 2.71.